The zero-order valence-electron chi connectivity index (χ0n) is 2.86. The molecule has 0 aromatic carbocycles. The monoisotopic (exact) mass is 131 g/mol. The Morgan fingerprint density at radius 2 is 1.75 bits per heavy atom. The van der Waals surface area contributed by atoms with Crippen LogP contribution in [0.4, 0.5) is 0 Å². The van der Waals surface area contributed by atoms with E-state index < -0.39 is 0 Å². The van der Waals surface area contributed by atoms with Crippen molar-refractivity contribution in [3.63, 3.8) is 0 Å². The third-order valence-corrected chi connectivity index (χ3v) is 0. The molecule has 0 unspecified atom stereocenters. The maximum atomic E-state index is 3.36. The van der Waals surface area contributed by atoms with Gasteiger partial charge in [0.05, 0.1) is 0 Å². The topological polar surface area (TPSA) is 0 Å². The fraction of sp³-hybridized carbons (Fsp3) is 0.333. The van der Waals surface area contributed by atoms with Gasteiger partial charge in [-0.1, -0.05) is 6.08 Å². The molecule has 0 heterocycles. The number of rotatable bonds is 0. The van der Waals surface area contributed by atoms with Gasteiger partial charge in [0.2, 0.25) is 0 Å². The zero-order chi connectivity index (χ0) is 2.71. The molecule has 0 aliphatic heterocycles. The maximum Gasteiger partial charge on any atom is 0 e. The molecule has 0 saturated heterocycles. The molecular weight excluding hydrogens is 125 g/mol. The van der Waals surface area contributed by atoms with Crippen molar-refractivity contribution >= 4 is 0 Å². The van der Waals surface area contributed by atoms with Gasteiger partial charge in [0.1, 0.15) is 0 Å². The summed E-state index contributed by atoms with van der Waals surface area (Å²) in [6, 6.07) is 0. The molecule has 1 heteroatoms. The summed E-state index contributed by atoms with van der Waals surface area (Å²) < 4.78 is 0. The Hall–Kier alpha value is 0.844. The van der Waals surface area contributed by atoms with Crippen LogP contribution in [0.15, 0.2) is 12.7 Å². The molecular formula is C3H6Y. The van der Waals surface area contributed by atoms with Crippen LogP contribution in [0.1, 0.15) is 6.92 Å². The first-order valence-corrected chi connectivity index (χ1v) is 0.986. The summed E-state index contributed by atoms with van der Waals surface area (Å²) >= 11 is 0. The van der Waals surface area contributed by atoms with Gasteiger partial charge in [-0.25, -0.2) is 0 Å². The molecule has 0 saturated carbocycles. The van der Waals surface area contributed by atoms with Crippen LogP contribution in [-0.4, -0.2) is 0 Å². The molecule has 4 heavy (non-hydrogen) atoms. The Labute approximate surface area is 52.2 Å². The van der Waals surface area contributed by atoms with Crippen molar-refractivity contribution in [1.82, 2.24) is 0 Å². The molecule has 1 radical (unpaired) electrons. The van der Waals surface area contributed by atoms with Crippen LogP contribution in [0.25, 0.3) is 0 Å². The number of allylic oxidation sites excluding steroid dienone is 1. The van der Waals surface area contributed by atoms with Crippen LogP contribution in [0.3, 0.4) is 0 Å². The molecule has 0 nitrogen and oxygen atoms in total. The normalized spacial score (nSPS) is 3.25. The van der Waals surface area contributed by atoms with E-state index in [2.05, 4.69) is 6.58 Å². The van der Waals surface area contributed by atoms with E-state index in [1.807, 2.05) is 6.92 Å². The van der Waals surface area contributed by atoms with Gasteiger partial charge in [0, 0.05) is 32.7 Å². The van der Waals surface area contributed by atoms with Gasteiger partial charge >= 0.3 is 0 Å². The van der Waals surface area contributed by atoms with Crippen molar-refractivity contribution in [3.05, 3.63) is 12.7 Å². The summed E-state index contributed by atoms with van der Waals surface area (Å²) in [6.07, 6.45) is 1.75. The summed E-state index contributed by atoms with van der Waals surface area (Å²) in [7, 11) is 0. The molecule has 0 aliphatic carbocycles. The molecule has 21 valence electrons. The Kier molecular flexibility index (Phi) is 20.2. The van der Waals surface area contributed by atoms with E-state index in [0.717, 1.165) is 0 Å². The Morgan fingerprint density at radius 1 is 1.75 bits per heavy atom. The summed E-state index contributed by atoms with van der Waals surface area (Å²) in [6.45, 7) is 5.25. The second kappa shape index (κ2) is 9.14. The fourth-order valence-corrected chi connectivity index (χ4v) is 0. The molecule has 0 aromatic rings. The van der Waals surface area contributed by atoms with Crippen molar-refractivity contribution in [2.24, 2.45) is 0 Å². The summed E-state index contributed by atoms with van der Waals surface area (Å²) in [5.41, 5.74) is 0. The minimum Gasteiger partial charge on any atom is -0.103 e. The van der Waals surface area contributed by atoms with E-state index in [1.165, 1.54) is 0 Å². The van der Waals surface area contributed by atoms with Gasteiger partial charge in [-0.05, 0) is 6.92 Å². The van der Waals surface area contributed by atoms with Crippen LogP contribution in [0.2, 0.25) is 0 Å². The van der Waals surface area contributed by atoms with E-state index in [9.17, 15) is 0 Å². The molecule has 0 spiro atoms. The molecule has 0 amide bonds. The van der Waals surface area contributed by atoms with Crippen LogP contribution in [0, 0.1) is 0 Å². The average molecular weight is 131 g/mol. The van der Waals surface area contributed by atoms with Gasteiger partial charge in [0.15, 0.2) is 0 Å². The van der Waals surface area contributed by atoms with Crippen molar-refractivity contribution < 1.29 is 32.7 Å². The summed E-state index contributed by atoms with van der Waals surface area (Å²) in [5, 5.41) is 0. The Morgan fingerprint density at radius 3 is 1.75 bits per heavy atom. The van der Waals surface area contributed by atoms with Gasteiger partial charge in [0.25, 0.3) is 0 Å². The summed E-state index contributed by atoms with van der Waals surface area (Å²) in [4.78, 5) is 0. The molecule has 0 fully saturated rings. The van der Waals surface area contributed by atoms with Crippen molar-refractivity contribution in [2.45, 2.75) is 6.92 Å². The molecule has 0 aromatic heterocycles. The van der Waals surface area contributed by atoms with E-state index in [0.29, 0.717) is 0 Å². The van der Waals surface area contributed by atoms with Crippen molar-refractivity contribution in [1.29, 1.82) is 0 Å². The molecule has 0 aliphatic rings. The van der Waals surface area contributed by atoms with Gasteiger partial charge in [-0.2, -0.15) is 0 Å². The van der Waals surface area contributed by atoms with Gasteiger partial charge < -0.3 is 0 Å². The Bertz CT molecular complexity index is 10.8. The minimum atomic E-state index is 0. The van der Waals surface area contributed by atoms with Crippen LogP contribution < -0.4 is 0 Å². The predicted molar refractivity (Wildman–Crippen MR) is 15.9 cm³/mol. The average Bonchev–Trinajstić information content (AvgIpc) is 0.918. The zero-order valence-corrected chi connectivity index (χ0v) is 5.70. The smallest absolute Gasteiger partial charge is 0 e. The second-order valence-corrected chi connectivity index (χ2v) is 0.408. The van der Waals surface area contributed by atoms with Crippen molar-refractivity contribution in [3.8, 4) is 0 Å². The van der Waals surface area contributed by atoms with Crippen LogP contribution in [-0.2, 0) is 32.7 Å². The second-order valence-electron chi connectivity index (χ2n) is 0.408. The summed E-state index contributed by atoms with van der Waals surface area (Å²) in [5.74, 6) is 0. The van der Waals surface area contributed by atoms with E-state index in [-0.39, 0.29) is 32.7 Å². The molecule has 0 rings (SSSR count). The third-order valence-electron chi connectivity index (χ3n) is 0. The molecule has 0 atom stereocenters. The van der Waals surface area contributed by atoms with Gasteiger partial charge in [-0.15, -0.1) is 6.58 Å². The first-order valence-electron chi connectivity index (χ1n) is 0.986. The minimum absolute atomic E-state index is 0. The predicted octanol–water partition coefficient (Wildman–Crippen LogP) is 1.19. The Balaban J connectivity index is 0. The van der Waals surface area contributed by atoms with E-state index in [1.54, 1.807) is 6.08 Å². The number of hydrogen-bond donors (Lipinski definition) is 0. The quantitative estimate of drug-likeness (QED) is 0.433. The van der Waals surface area contributed by atoms with E-state index >= 15 is 0 Å². The number of hydrogen-bond acceptors (Lipinski definition) is 0. The fourth-order valence-electron chi connectivity index (χ4n) is 0. The standard InChI is InChI=1S/C3H6.Y/c1-3-2;/h3H,1H2,2H3;. The van der Waals surface area contributed by atoms with Crippen LogP contribution in [0.5, 0.6) is 0 Å². The molecule has 0 N–H and O–H groups in total. The van der Waals surface area contributed by atoms with Crippen molar-refractivity contribution in [2.75, 3.05) is 0 Å². The SMILES string of the molecule is C=CC.[Y]. The first-order chi connectivity index (χ1) is 1.41. The van der Waals surface area contributed by atoms with Crippen LogP contribution >= 0.6 is 0 Å². The molecule has 0 bridgehead atoms. The third kappa shape index (κ3) is 13.6. The largest absolute Gasteiger partial charge is 0.103 e. The first kappa shape index (κ1) is 8.85. The van der Waals surface area contributed by atoms with E-state index in [4.69, 9.17) is 0 Å². The maximum absolute atomic E-state index is 3.36. The van der Waals surface area contributed by atoms with Gasteiger partial charge in [-0.3, -0.25) is 0 Å².